The Bertz CT molecular complexity index is 337. The highest BCUT2D eigenvalue weighted by molar-refractivity contribution is 7.88. The van der Waals surface area contributed by atoms with Crippen molar-refractivity contribution >= 4 is 10.0 Å². The second kappa shape index (κ2) is 6.84. The highest BCUT2D eigenvalue weighted by atomic mass is 32.2. The molecule has 0 bridgehead atoms. The van der Waals surface area contributed by atoms with E-state index in [1.54, 1.807) is 4.31 Å². The Labute approximate surface area is 112 Å². The maximum atomic E-state index is 11.4. The van der Waals surface area contributed by atoms with E-state index in [2.05, 4.69) is 24.1 Å². The van der Waals surface area contributed by atoms with Crippen LogP contribution in [0, 0.1) is 5.92 Å². The topological polar surface area (TPSA) is 52.7 Å². The average Bonchev–Trinajstić information content (AvgIpc) is 2.34. The molecule has 0 saturated carbocycles. The van der Waals surface area contributed by atoms with Gasteiger partial charge in [0.25, 0.3) is 0 Å². The predicted octanol–water partition coefficient (Wildman–Crippen LogP) is 0.198. The van der Waals surface area contributed by atoms with E-state index >= 15 is 0 Å². The van der Waals surface area contributed by atoms with Crippen LogP contribution in [-0.4, -0.2) is 69.7 Å². The lowest BCUT2D eigenvalue weighted by atomic mass is 9.98. The number of rotatable bonds is 6. The molecule has 6 heteroatoms. The van der Waals surface area contributed by atoms with Gasteiger partial charge in [0.2, 0.25) is 10.0 Å². The summed E-state index contributed by atoms with van der Waals surface area (Å²) in [5, 5.41) is 3.37. The number of likely N-dealkylation sites (N-methyl/N-ethyl adjacent to an activating group) is 1. The van der Waals surface area contributed by atoms with Gasteiger partial charge in [0, 0.05) is 38.8 Å². The SMILES string of the molecule is CCC(C)C(CN1CCN(S(C)(=O)=O)CC1)NC. The first-order valence-corrected chi connectivity index (χ1v) is 8.58. The van der Waals surface area contributed by atoms with Crippen molar-refractivity contribution in [2.75, 3.05) is 46.0 Å². The lowest BCUT2D eigenvalue weighted by Gasteiger charge is -2.36. The average molecular weight is 277 g/mol. The first-order chi connectivity index (χ1) is 8.38. The van der Waals surface area contributed by atoms with Crippen molar-refractivity contribution in [2.24, 2.45) is 5.92 Å². The zero-order valence-electron chi connectivity index (χ0n) is 12.0. The minimum absolute atomic E-state index is 0.486. The number of hydrogen-bond donors (Lipinski definition) is 1. The fourth-order valence-electron chi connectivity index (χ4n) is 2.36. The summed E-state index contributed by atoms with van der Waals surface area (Å²) in [5.41, 5.74) is 0. The van der Waals surface area contributed by atoms with Crippen molar-refractivity contribution in [3.63, 3.8) is 0 Å². The Balaban J connectivity index is 2.43. The molecule has 0 aromatic rings. The summed E-state index contributed by atoms with van der Waals surface area (Å²) in [5.74, 6) is 0.642. The molecule has 1 N–H and O–H groups in total. The Morgan fingerprint density at radius 1 is 1.22 bits per heavy atom. The monoisotopic (exact) mass is 277 g/mol. The lowest BCUT2D eigenvalue weighted by Crippen LogP contribution is -2.52. The van der Waals surface area contributed by atoms with Gasteiger partial charge in [0.05, 0.1) is 6.26 Å². The van der Waals surface area contributed by atoms with Gasteiger partial charge in [0.1, 0.15) is 0 Å². The van der Waals surface area contributed by atoms with Gasteiger partial charge in [-0.25, -0.2) is 8.42 Å². The summed E-state index contributed by atoms with van der Waals surface area (Å²) in [6.45, 7) is 8.38. The summed E-state index contributed by atoms with van der Waals surface area (Å²) in [4.78, 5) is 2.36. The van der Waals surface area contributed by atoms with E-state index in [1.807, 2.05) is 7.05 Å². The zero-order valence-corrected chi connectivity index (χ0v) is 12.8. The van der Waals surface area contributed by atoms with E-state index in [0.717, 1.165) is 26.1 Å². The molecule has 1 aliphatic heterocycles. The third kappa shape index (κ3) is 4.50. The minimum Gasteiger partial charge on any atom is -0.315 e. The maximum absolute atomic E-state index is 11.4. The minimum atomic E-state index is -3.01. The Kier molecular flexibility index (Phi) is 6.04. The molecule has 0 aromatic heterocycles. The third-order valence-electron chi connectivity index (χ3n) is 3.96. The van der Waals surface area contributed by atoms with Crippen molar-refractivity contribution in [3.05, 3.63) is 0 Å². The number of sulfonamides is 1. The van der Waals surface area contributed by atoms with E-state index in [4.69, 9.17) is 0 Å². The van der Waals surface area contributed by atoms with E-state index in [9.17, 15) is 8.42 Å². The van der Waals surface area contributed by atoms with Crippen LogP contribution in [0.1, 0.15) is 20.3 Å². The molecule has 1 saturated heterocycles. The van der Waals surface area contributed by atoms with Gasteiger partial charge in [-0.1, -0.05) is 20.3 Å². The number of hydrogen-bond acceptors (Lipinski definition) is 4. The first kappa shape index (κ1) is 15.9. The van der Waals surface area contributed by atoms with Crippen LogP contribution in [0.2, 0.25) is 0 Å². The van der Waals surface area contributed by atoms with Crippen molar-refractivity contribution in [3.8, 4) is 0 Å². The van der Waals surface area contributed by atoms with Crippen LogP contribution in [0.25, 0.3) is 0 Å². The maximum Gasteiger partial charge on any atom is 0.211 e. The number of nitrogens with one attached hydrogen (secondary N) is 1. The van der Waals surface area contributed by atoms with Crippen LogP contribution in [-0.2, 0) is 10.0 Å². The van der Waals surface area contributed by atoms with Gasteiger partial charge >= 0.3 is 0 Å². The predicted molar refractivity (Wildman–Crippen MR) is 75.2 cm³/mol. The molecular weight excluding hydrogens is 250 g/mol. The largest absolute Gasteiger partial charge is 0.315 e. The highest BCUT2D eigenvalue weighted by Crippen LogP contribution is 2.11. The van der Waals surface area contributed by atoms with Crippen LogP contribution >= 0.6 is 0 Å². The summed E-state index contributed by atoms with van der Waals surface area (Å²) in [6, 6.07) is 0.486. The molecule has 1 aliphatic rings. The van der Waals surface area contributed by atoms with E-state index < -0.39 is 10.0 Å². The second-order valence-electron chi connectivity index (χ2n) is 5.24. The van der Waals surface area contributed by atoms with Crippen LogP contribution in [0.3, 0.4) is 0 Å². The molecular formula is C12H27N3O2S. The van der Waals surface area contributed by atoms with Crippen LogP contribution in [0.5, 0.6) is 0 Å². The molecule has 108 valence electrons. The van der Waals surface area contributed by atoms with Gasteiger partial charge in [-0.3, -0.25) is 4.90 Å². The van der Waals surface area contributed by atoms with Crippen molar-refractivity contribution < 1.29 is 8.42 Å². The molecule has 0 spiro atoms. The Morgan fingerprint density at radius 3 is 2.17 bits per heavy atom. The molecule has 1 rings (SSSR count). The highest BCUT2D eigenvalue weighted by Gasteiger charge is 2.25. The molecule has 18 heavy (non-hydrogen) atoms. The van der Waals surface area contributed by atoms with Gasteiger partial charge in [-0.2, -0.15) is 4.31 Å². The van der Waals surface area contributed by atoms with E-state index in [-0.39, 0.29) is 0 Å². The van der Waals surface area contributed by atoms with Crippen LogP contribution in [0.15, 0.2) is 0 Å². The number of nitrogens with zero attached hydrogens (tertiary/aromatic N) is 2. The molecule has 0 radical (unpaired) electrons. The fourth-order valence-corrected chi connectivity index (χ4v) is 3.19. The lowest BCUT2D eigenvalue weighted by molar-refractivity contribution is 0.160. The summed E-state index contributed by atoms with van der Waals surface area (Å²) >= 11 is 0. The first-order valence-electron chi connectivity index (χ1n) is 6.73. The van der Waals surface area contributed by atoms with Crippen molar-refractivity contribution in [1.82, 2.24) is 14.5 Å². The van der Waals surface area contributed by atoms with Crippen molar-refractivity contribution in [1.29, 1.82) is 0 Å². The fraction of sp³-hybridized carbons (Fsp3) is 1.00. The molecule has 1 fully saturated rings. The zero-order chi connectivity index (χ0) is 13.8. The van der Waals surface area contributed by atoms with Crippen molar-refractivity contribution in [2.45, 2.75) is 26.3 Å². The second-order valence-corrected chi connectivity index (χ2v) is 7.23. The van der Waals surface area contributed by atoms with Crippen LogP contribution in [0.4, 0.5) is 0 Å². The quantitative estimate of drug-likeness (QED) is 0.753. The van der Waals surface area contributed by atoms with E-state index in [1.165, 1.54) is 6.26 Å². The van der Waals surface area contributed by atoms with Gasteiger partial charge < -0.3 is 5.32 Å². The molecule has 2 atom stereocenters. The molecule has 5 nitrogen and oxygen atoms in total. The van der Waals surface area contributed by atoms with Crippen LogP contribution < -0.4 is 5.32 Å². The molecule has 2 unspecified atom stereocenters. The summed E-state index contributed by atoms with van der Waals surface area (Å²) in [7, 11) is -1.01. The number of piperazine rings is 1. The third-order valence-corrected chi connectivity index (χ3v) is 5.26. The normalized spacial score (nSPS) is 22.9. The summed E-state index contributed by atoms with van der Waals surface area (Å²) in [6.07, 6.45) is 2.45. The Morgan fingerprint density at radius 2 is 1.78 bits per heavy atom. The van der Waals surface area contributed by atoms with Gasteiger partial charge in [-0.15, -0.1) is 0 Å². The molecule has 0 aromatic carbocycles. The molecule has 0 aliphatic carbocycles. The smallest absolute Gasteiger partial charge is 0.211 e. The molecule has 0 amide bonds. The summed E-state index contributed by atoms with van der Waals surface area (Å²) < 4.78 is 24.4. The molecule has 1 heterocycles. The standard InChI is InChI=1S/C12H27N3O2S/c1-5-11(2)12(13-3)10-14-6-8-15(9-7-14)18(4,16)17/h11-13H,5-10H2,1-4H3. The van der Waals surface area contributed by atoms with Gasteiger partial charge in [0.15, 0.2) is 0 Å². The Hall–Kier alpha value is -0.170. The van der Waals surface area contributed by atoms with E-state index in [0.29, 0.717) is 25.0 Å². The van der Waals surface area contributed by atoms with Gasteiger partial charge in [-0.05, 0) is 13.0 Å².